The Morgan fingerprint density at radius 2 is 1.83 bits per heavy atom. The van der Waals surface area contributed by atoms with Crippen molar-refractivity contribution in [3.8, 4) is 5.75 Å². The van der Waals surface area contributed by atoms with E-state index in [0.717, 1.165) is 31.2 Å². The minimum Gasteiger partial charge on any atom is -0.490 e. The van der Waals surface area contributed by atoms with E-state index in [9.17, 15) is 9.59 Å². The molecule has 0 bridgehead atoms. The van der Waals surface area contributed by atoms with Crippen LogP contribution in [0, 0.1) is 5.41 Å². The maximum atomic E-state index is 12.6. The smallest absolute Gasteiger partial charge is 0.255 e. The molecule has 2 heterocycles. The van der Waals surface area contributed by atoms with Crippen LogP contribution >= 0.6 is 0 Å². The van der Waals surface area contributed by atoms with Gasteiger partial charge in [-0.3, -0.25) is 9.59 Å². The van der Waals surface area contributed by atoms with E-state index < -0.39 is 5.91 Å². The van der Waals surface area contributed by atoms with E-state index in [2.05, 4.69) is 10.4 Å². The van der Waals surface area contributed by atoms with Gasteiger partial charge in [0.25, 0.3) is 11.8 Å². The zero-order chi connectivity index (χ0) is 20.0. The van der Waals surface area contributed by atoms with Crippen LogP contribution in [0.1, 0.15) is 46.4 Å². The van der Waals surface area contributed by atoms with Crippen molar-refractivity contribution in [2.24, 2.45) is 11.1 Å². The fourth-order valence-corrected chi connectivity index (χ4v) is 4.74. The Bertz CT molecular complexity index is 1090. The van der Waals surface area contributed by atoms with E-state index in [4.69, 9.17) is 10.5 Å². The van der Waals surface area contributed by atoms with Crippen LogP contribution in [0.3, 0.4) is 0 Å². The fraction of sp³-hybridized carbons (Fsp3) is 0.318. The van der Waals surface area contributed by atoms with Gasteiger partial charge in [0.15, 0.2) is 0 Å². The Hall–Kier alpha value is -3.35. The predicted molar refractivity (Wildman–Crippen MR) is 107 cm³/mol. The lowest BCUT2D eigenvalue weighted by Crippen LogP contribution is -2.58. The molecule has 0 unspecified atom stereocenters. The molecule has 148 valence electrons. The minimum atomic E-state index is -0.478. The number of hydrogen-bond donors (Lipinski definition) is 2. The number of hydrogen-bond acceptors (Lipinski definition) is 4. The Labute approximate surface area is 167 Å². The van der Waals surface area contributed by atoms with E-state index in [0.29, 0.717) is 16.9 Å². The average molecular weight is 390 g/mol. The summed E-state index contributed by atoms with van der Waals surface area (Å²) in [4.78, 5) is 24.1. The molecule has 5 rings (SSSR count). The van der Waals surface area contributed by atoms with E-state index >= 15 is 0 Å². The number of nitrogens with one attached hydrogen (secondary N) is 1. The molecule has 2 aromatic heterocycles. The highest BCUT2D eigenvalue weighted by Crippen LogP contribution is 2.56. The number of pyridine rings is 1. The number of para-hydroxylation sites is 1. The van der Waals surface area contributed by atoms with Gasteiger partial charge in [-0.1, -0.05) is 18.2 Å². The molecule has 2 fully saturated rings. The summed E-state index contributed by atoms with van der Waals surface area (Å²) < 4.78 is 7.70. The lowest BCUT2D eigenvalue weighted by Gasteiger charge is -2.57. The number of rotatable bonds is 5. The lowest BCUT2D eigenvalue weighted by molar-refractivity contribution is -0.0834. The molecule has 0 radical (unpaired) electrons. The Morgan fingerprint density at radius 3 is 2.62 bits per heavy atom. The van der Waals surface area contributed by atoms with Crippen molar-refractivity contribution >= 4 is 17.3 Å². The summed E-state index contributed by atoms with van der Waals surface area (Å²) in [6, 6.07) is 12.9. The zero-order valence-electron chi connectivity index (χ0n) is 15.9. The van der Waals surface area contributed by atoms with Crippen molar-refractivity contribution in [2.75, 3.05) is 0 Å². The molecule has 1 aromatic carbocycles. The standard InChI is InChI=1S/C22H22N4O3/c23-20(27)16-5-1-2-7-19(16)29-15-11-22(12-15)9-14(10-22)25-21(28)17-13-24-26-8-4-3-6-18(17)26/h1-8,13-15H,9-12H2,(H2,23,27)(H,25,28). The van der Waals surface area contributed by atoms with Crippen LogP contribution in [0.5, 0.6) is 5.75 Å². The monoisotopic (exact) mass is 390 g/mol. The second-order valence-electron chi connectivity index (χ2n) is 8.18. The topological polar surface area (TPSA) is 98.7 Å². The number of aromatic nitrogens is 2. The highest BCUT2D eigenvalue weighted by molar-refractivity contribution is 6.00. The zero-order valence-corrected chi connectivity index (χ0v) is 15.9. The van der Waals surface area contributed by atoms with Crippen molar-refractivity contribution < 1.29 is 14.3 Å². The fourth-order valence-electron chi connectivity index (χ4n) is 4.74. The molecular formula is C22H22N4O3. The molecular weight excluding hydrogens is 368 g/mol. The first-order valence-corrected chi connectivity index (χ1v) is 9.82. The van der Waals surface area contributed by atoms with E-state index in [1.165, 1.54) is 0 Å². The van der Waals surface area contributed by atoms with Crippen molar-refractivity contribution in [3.63, 3.8) is 0 Å². The number of fused-ring (bicyclic) bond motifs is 1. The van der Waals surface area contributed by atoms with Gasteiger partial charge in [0.2, 0.25) is 0 Å². The van der Waals surface area contributed by atoms with Crippen molar-refractivity contribution in [1.29, 1.82) is 0 Å². The van der Waals surface area contributed by atoms with Gasteiger partial charge in [-0.25, -0.2) is 4.52 Å². The first-order chi connectivity index (χ1) is 14.0. The molecule has 7 heteroatoms. The number of amides is 2. The van der Waals surface area contributed by atoms with Crippen LogP contribution in [0.4, 0.5) is 0 Å². The molecule has 3 aromatic rings. The highest BCUT2D eigenvalue weighted by Gasteiger charge is 2.54. The largest absolute Gasteiger partial charge is 0.490 e. The van der Waals surface area contributed by atoms with Gasteiger partial charge in [0, 0.05) is 12.2 Å². The average Bonchev–Trinajstić information content (AvgIpc) is 3.09. The van der Waals surface area contributed by atoms with Gasteiger partial charge < -0.3 is 15.8 Å². The summed E-state index contributed by atoms with van der Waals surface area (Å²) in [6.45, 7) is 0. The van der Waals surface area contributed by atoms with Crippen LogP contribution in [0.25, 0.3) is 5.52 Å². The summed E-state index contributed by atoms with van der Waals surface area (Å²) in [5.74, 6) is -0.000539. The SMILES string of the molecule is NC(=O)c1ccccc1OC1CC2(CC(NC(=O)c3cnn4ccccc34)C2)C1. The first-order valence-electron chi connectivity index (χ1n) is 9.82. The van der Waals surface area contributed by atoms with Gasteiger partial charge in [-0.15, -0.1) is 0 Å². The maximum absolute atomic E-state index is 12.6. The molecule has 1 spiro atoms. The van der Waals surface area contributed by atoms with Gasteiger partial charge in [-0.05, 0) is 55.4 Å². The summed E-state index contributed by atoms with van der Waals surface area (Å²) in [7, 11) is 0. The third-order valence-electron chi connectivity index (χ3n) is 6.13. The molecule has 29 heavy (non-hydrogen) atoms. The van der Waals surface area contributed by atoms with E-state index in [1.54, 1.807) is 28.9 Å². The maximum Gasteiger partial charge on any atom is 0.255 e. The Morgan fingerprint density at radius 1 is 1.07 bits per heavy atom. The summed E-state index contributed by atoms with van der Waals surface area (Å²) in [5.41, 5.74) is 7.48. The number of carbonyl (C=O) groups is 2. The van der Waals surface area contributed by atoms with E-state index in [1.807, 2.05) is 30.5 Å². The second kappa shape index (κ2) is 6.62. The quantitative estimate of drug-likeness (QED) is 0.699. The summed E-state index contributed by atoms with van der Waals surface area (Å²) >= 11 is 0. The number of carbonyl (C=O) groups excluding carboxylic acids is 2. The molecule has 0 saturated heterocycles. The minimum absolute atomic E-state index is 0.0754. The molecule has 7 nitrogen and oxygen atoms in total. The number of nitrogens with two attached hydrogens (primary N) is 1. The van der Waals surface area contributed by atoms with Gasteiger partial charge >= 0.3 is 0 Å². The van der Waals surface area contributed by atoms with Gasteiger partial charge in [0.05, 0.1) is 28.9 Å². The van der Waals surface area contributed by atoms with Crippen molar-refractivity contribution in [1.82, 2.24) is 14.9 Å². The molecule has 2 saturated carbocycles. The second-order valence-corrected chi connectivity index (χ2v) is 8.18. The lowest BCUT2D eigenvalue weighted by atomic mass is 9.53. The Balaban J connectivity index is 1.15. The highest BCUT2D eigenvalue weighted by atomic mass is 16.5. The third-order valence-corrected chi connectivity index (χ3v) is 6.13. The van der Waals surface area contributed by atoms with Crippen molar-refractivity contribution in [2.45, 2.75) is 37.8 Å². The van der Waals surface area contributed by atoms with Crippen LogP contribution in [0.2, 0.25) is 0 Å². The predicted octanol–water partition coefficient (Wildman–Crippen LogP) is 2.55. The number of primary amides is 1. The Kier molecular flexibility index (Phi) is 4.04. The molecule has 2 amide bonds. The molecule has 2 aliphatic carbocycles. The first kappa shape index (κ1) is 17.7. The molecule has 2 aliphatic rings. The molecule has 0 aliphatic heterocycles. The summed E-state index contributed by atoms with van der Waals surface area (Å²) in [6.07, 6.45) is 7.31. The third kappa shape index (κ3) is 3.12. The number of benzene rings is 1. The van der Waals surface area contributed by atoms with Crippen LogP contribution in [-0.2, 0) is 0 Å². The summed E-state index contributed by atoms with van der Waals surface area (Å²) in [5, 5.41) is 7.35. The molecule has 0 atom stereocenters. The number of nitrogens with zero attached hydrogens (tertiary/aromatic N) is 2. The van der Waals surface area contributed by atoms with Gasteiger partial charge in [0.1, 0.15) is 5.75 Å². The van der Waals surface area contributed by atoms with Crippen molar-refractivity contribution in [3.05, 3.63) is 66.0 Å². The van der Waals surface area contributed by atoms with E-state index in [-0.39, 0.29) is 23.5 Å². The van der Waals surface area contributed by atoms with Crippen LogP contribution in [0.15, 0.2) is 54.9 Å². The number of ether oxygens (including phenoxy) is 1. The van der Waals surface area contributed by atoms with Crippen LogP contribution < -0.4 is 15.8 Å². The van der Waals surface area contributed by atoms with Gasteiger partial charge in [-0.2, -0.15) is 5.10 Å². The molecule has 3 N–H and O–H groups in total. The normalized spacial score (nSPS) is 25.2. The van der Waals surface area contributed by atoms with Crippen LogP contribution in [-0.4, -0.2) is 33.6 Å².